The zero-order valence-electron chi connectivity index (χ0n) is 19.2. The van der Waals surface area contributed by atoms with Gasteiger partial charge in [0.2, 0.25) is 11.8 Å². The van der Waals surface area contributed by atoms with Crippen molar-refractivity contribution in [3.05, 3.63) is 64.5 Å². The largest absolute Gasteiger partial charge is 0.325 e. The van der Waals surface area contributed by atoms with Crippen molar-refractivity contribution in [2.24, 2.45) is 0 Å². The highest BCUT2D eigenvalue weighted by molar-refractivity contribution is 7.99. The van der Waals surface area contributed by atoms with Gasteiger partial charge in [-0.3, -0.25) is 9.59 Å². The van der Waals surface area contributed by atoms with Crippen LogP contribution < -0.4 is 10.6 Å². The van der Waals surface area contributed by atoms with Crippen molar-refractivity contribution >= 4 is 35.0 Å². The van der Waals surface area contributed by atoms with Gasteiger partial charge in [-0.05, 0) is 63.4 Å². The van der Waals surface area contributed by atoms with Crippen LogP contribution in [-0.4, -0.2) is 32.3 Å². The van der Waals surface area contributed by atoms with E-state index in [9.17, 15) is 9.59 Å². The highest BCUT2D eigenvalue weighted by Gasteiger charge is 2.17. The predicted molar refractivity (Wildman–Crippen MR) is 129 cm³/mol. The second kappa shape index (κ2) is 10.5. The molecule has 2 N–H and O–H groups in total. The Kier molecular flexibility index (Phi) is 7.69. The molecule has 1 aromatic heterocycles. The summed E-state index contributed by atoms with van der Waals surface area (Å²) in [4.78, 5) is 25.0. The SMILES string of the molecule is CCn1c(CC(=O)Nc2ccc(C)cc2C)nnc1SCC(=O)Nc1cc(C)ccc1C. The molecule has 0 bridgehead atoms. The zero-order valence-corrected chi connectivity index (χ0v) is 20.0. The summed E-state index contributed by atoms with van der Waals surface area (Å²) in [6, 6.07) is 11.9. The minimum atomic E-state index is -0.150. The van der Waals surface area contributed by atoms with E-state index in [0.29, 0.717) is 17.5 Å². The van der Waals surface area contributed by atoms with Crippen LogP contribution in [0.1, 0.15) is 35.0 Å². The number of anilines is 2. The molecule has 7 nitrogen and oxygen atoms in total. The van der Waals surface area contributed by atoms with Crippen LogP contribution in [0.2, 0.25) is 0 Å². The Labute approximate surface area is 193 Å². The Hall–Kier alpha value is -3.13. The number of hydrogen-bond donors (Lipinski definition) is 2. The number of aryl methyl sites for hydroxylation is 4. The van der Waals surface area contributed by atoms with Crippen molar-refractivity contribution in [1.82, 2.24) is 14.8 Å². The molecule has 0 aliphatic rings. The number of hydrogen-bond acceptors (Lipinski definition) is 5. The summed E-state index contributed by atoms with van der Waals surface area (Å²) >= 11 is 1.31. The van der Waals surface area contributed by atoms with Crippen molar-refractivity contribution in [2.75, 3.05) is 16.4 Å². The molecular weight excluding hydrogens is 422 g/mol. The van der Waals surface area contributed by atoms with Gasteiger partial charge in [0.25, 0.3) is 0 Å². The zero-order chi connectivity index (χ0) is 23.3. The van der Waals surface area contributed by atoms with E-state index >= 15 is 0 Å². The van der Waals surface area contributed by atoms with E-state index in [-0.39, 0.29) is 24.0 Å². The van der Waals surface area contributed by atoms with E-state index in [1.807, 2.05) is 75.6 Å². The van der Waals surface area contributed by atoms with Crippen molar-refractivity contribution in [3.63, 3.8) is 0 Å². The normalized spacial score (nSPS) is 10.8. The Morgan fingerprint density at radius 1 is 0.875 bits per heavy atom. The maximum absolute atomic E-state index is 12.6. The first-order valence-electron chi connectivity index (χ1n) is 10.6. The quantitative estimate of drug-likeness (QED) is 0.494. The van der Waals surface area contributed by atoms with Gasteiger partial charge in [0.1, 0.15) is 5.82 Å². The van der Waals surface area contributed by atoms with Crippen LogP contribution in [0.4, 0.5) is 11.4 Å². The third-order valence-corrected chi connectivity index (χ3v) is 6.05. The van der Waals surface area contributed by atoms with Gasteiger partial charge in [-0.2, -0.15) is 0 Å². The molecule has 0 saturated carbocycles. The fourth-order valence-electron chi connectivity index (χ4n) is 3.35. The van der Waals surface area contributed by atoms with E-state index in [0.717, 1.165) is 33.6 Å². The van der Waals surface area contributed by atoms with Gasteiger partial charge >= 0.3 is 0 Å². The van der Waals surface area contributed by atoms with Gasteiger partial charge in [0.05, 0.1) is 12.2 Å². The number of aromatic nitrogens is 3. The molecule has 0 aliphatic carbocycles. The number of nitrogens with zero attached hydrogens (tertiary/aromatic N) is 3. The lowest BCUT2D eigenvalue weighted by atomic mass is 10.1. The van der Waals surface area contributed by atoms with E-state index in [1.54, 1.807) is 0 Å². The highest BCUT2D eigenvalue weighted by Crippen LogP contribution is 2.21. The molecule has 0 atom stereocenters. The van der Waals surface area contributed by atoms with Gasteiger partial charge in [-0.25, -0.2) is 0 Å². The monoisotopic (exact) mass is 451 g/mol. The maximum atomic E-state index is 12.6. The number of benzene rings is 2. The number of rotatable bonds is 8. The number of carbonyl (C=O) groups is 2. The van der Waals surface area contributed by atoms with Crippen molar-refractivity contribution in [2.45, 2.75) is 52.7 Å². The highest BCUT2D eigenvalue weighted by atomic mass is 32.2. The summed E-state index contributed by atoms with van der Waals surface area (Å²) in [6.45, 7) is 10.5. The first-order valence-corrected chi connectivity index (χ1v) is 11.5. The number of amides is 2. The van der Waals surface area contributed by atoms with Crippen LogP contribution in [0.15, 0.2) is 41.6 Å². The summed E-state index contributed by atoms with van der Waals surface area (Å²) < 4.78 is 1.87. The molecule has 1 heterocycles. The maximum Gasteiger partial charge on any atom is 0.234 e. The van der Waals surface area contributed by atoms with Crippen LogP contribution in [0.3, 0.4) is 0 Å². The second-order valence-electron chi connectivity index (χ2n) is 7.84. The van der Waals surface area contributed by atoms with Gasteiger partial charge in [-0.15, -0.1) is 10.2 Å². The van der Waals surface area contributed by atoms with E-state index in [2.05, 4.69) is 20.8 Å². The summed E-state index contributed by atoms with van der Waals surface area (Å²) in [5.74, 6) is 0.527. The molecule has 0 spiro atoms. The average Bonchev–Trinajstić information content (AvgIpc) is 3.12. The first-order chi connectivity index (χ1) is 15.3. The molecule has 32 heavy (non-hydrogen) atoms. The summed E-state index contributed by atoms with van der Waals surface area (Å²) in [5, 5.41) is 14.9. The Balaban J connectivity index is 1.61. The molecule has 0 fully saturated rings. The van der Waals surface area contributed by atoms with Crippen molar-refractivity contribution < 1.29 is 9.59 Å². The average molecular weight is 452 g/mol. The number of nitrogens with one attached hydrogen (secondary N) is 2. The third kappa shape index (κ3) is 5.97. The topological polar surface area (TPSA) is 88.9 Å². The van der Waals surface area contributed by atoms with Crippen LogP contribution in [0.5, 0.6) is 0 Å². The lowest BCUT2D eigenvalue weighted by Crippen LogP contribution is -2.18. The minimum absolute atomic E-state index is 0.108. The third-order valence-electron chi connectivity index (χ3n) is 5.08. The van der Waals surface area contributed by atoms with E-state index < -0.39 is 0 Å². The standard InChI is InChI=1S/C24H29N5O2S/c1-6-29-21(13-22(30)25-19-10-8-15(2)11-18(19)5)27-28-24(29)32-14-23(31)26-20-12-16(3)7-9-17(20)4/h7-12H,6,13-14H2,1-5H3,(H,25,30)(H,26,31). The smallest absolute Gasteiger partial charge is 0.234 e. The van der Waals surface area contributed by atoms with Crippen LogP contribution in [0.25, 0.3) is 0 Å². The number of carbonyl (C=O) groups excluding carboxylic acids is 2. The Morgan fingerprint density at radius 3 is 2.28 bits per heavy atom. The molecule has 3 rings (SSSR count). The fraction of sp³-hybridized carbons (Fsp3) is 0.333. The predicted octanol–water partition coefficient (Wildman–Crippen LogP) is 4.44. The Bertz CT molecular complexity index is 1140. The second-order valence-corrected chi connectivity index (χ2v) is 8.78. The molecule has 0 saturated heterocycles. The molecule has 3 aromatic rings. The summed E-state index contributed by atoms with van der Waals surface area (Å²) in [7, 11) is 0. The van der Waals surface area contributed by atoms with Crippen LogP contribution >= 0.6 is 11.8 Å². The molecule has 168 valence electrons. The fourth-order valence-corrected chi connectivity index (χ4v) is 4.17. The van der Waals surface area contributed by atoms with Gasteiger partial charge in [0.15, 0.2) is 5.16 Å². The lowest BCUT2D eigenvalue weighted by molar-refractivity contribution is -0.116. The first kappa shape index (κ1) is 23.5. The van der Waals surface area contributed by atoms with E-state index in [1.165, 1.54) is 11.8 Å². The van der Waals surface area contributed by atoms with Gasteiger partial charge in [0, 0.05) is 17.9 Å². The lowest BCUT2D eigenvalue weighted by Gasteiger charge is -2.11. The molecule has 2 amide bonds. The van der Waals surface area contributed by atoms with Gasteiger partial charge in [-0.1, -0.05) is 41.6 Å². The minimum Gasteiger partial charge on any atom is -0.325 e. The van der Waals surface area contributed by atoms with Gasteiger partial charge < -0.3 is 15.2 Å². The molecule has 0 aliphatic heterocycles. The van der Waals surface area contributed by atoms with Crippen molar-refractivity contribution in [1.29, 1.82) is 0 Å². The molecule has 2 aromatic carbocycles. The molecular formula is C24H29N5O2S. The van der Waals surface area contributed by atoms with Crippen LogP contribution in [0, 0.1) is 27.7 Å². The molecule has 0 unspecified atom stereocenters. The number of thioether (sulfide) groups is 1. The molecule has 8 heteroatoms. The Morgan fingerprint density at radius 2 is 1.56 bits per heavy atom. The summed E-state index contributed by atoms with van der Waals surface area (Å²) in [5.41, 5.74) is 5.88. The molecule has 0 radical (unpaired) electrons. The summed E-state index contributed by atoms with van der Waals surface area (Å²) in [6.07, 6.45) is 0.114. The van der Waals surface area contributed by atoms with Crippen LogP contribution in [-0.2, 0) is 22.6 Å². The van der Waals surface area contributed by atoms with Crippen molar-refractivity contribution in [3.8, 4) is 0 Å². The van der Waals surface area contributed by atoms with E-state index in [4.69, 9.17) is 0 Å².